The van der Waals surface area contributed by atoms with Gasteiger partial charge < -0.3 is 10.1 Å². The zero-order valence-corrected chi connectivity index (χ0v) is 20.2. The van der Waals surface area contributed by atoms with Crippen LogP contribution in [0.4, 0.5) is 17.1 Å². The van der Waals surface area contributed by atoms with Crippen LogP contribution < -0.4 is 10.1 Å². The van der Waals surface area contributed by atoms with Crippen molar-refractivity contribution < 1.29 is 19.4 Å². The van der Waals surface area contributed by atoms with Crippen LogP contribution in [0.25, 0.3) is 6.08 Å². The molecule has 10 nitrogen and oxygen atoms in total. The lowest BCUT2D eigenvalue weighted by Gasteiger charge is -2.10. The van der Waals surface area contributed by atoms with Crippen molar-refractivity contribution in [2.24, 2.45) is 0 Å². The van der Waals surface area contributed by atoms with Gasteiger partial charge in [-0.15, -0.1) is 0 Å². The van der Waals surface area contributed by atoms with Gasteiger partial charge in [-0.3, -0.25) is 25.0 Å². The summed E-state index contributed by atoms with van der Waals surface area (Å²) in [6.45, 7) is 1.77. The van der Waals surface area contributed by atoms with E-state index in [1.807, 2.05) is 6.07 Å². The maximum absolute atomic E-state index is 12.6. The maximum atomic E-state index is 12.6. The number of hydrogen-bond donors (Lipinski definition) is 1. The van der Waals surface area contributed by atoms with Gasteiger partial charge in [-0.2, -0.15) is 5.26 Å². The van der Waals surface area contributed by atoms with Gasteiger partial charge in [0.25, 0.3) is 11.6 Å². The van der Waals surface area contributed by atoms with Gasteiger partial charge in [-0.25, -0.2) is 0 Å². The molecule has 12 heteroatoms. The normalized spacial score (nSPS) is 10.9. The predicted molar refractivity (Wildman–Crippen MR) is 132 cm³/mol. The Morgan fingerprint density at radius 3 is 2.43 bits per heavy atom. The van der Waals surface area contributed by atoms with Crippen LogP contribution in [0, 0.1) is 38.5 Å². The van der Waals surface area contributed by atoms with Crippen molar-refractivity contribution in [2.75, 3.05) is 5.32 Å². The molecule has 0 saturated heterocycles. The highest BCUT2D eigenvalue weighted by Crippen LogP contribution is 2.37. The number of nitro groups is 2. The smallest absolute Gasteiger partial charge is 0.318 e. The minimum absolute atomic E-state index is 0.175. The molecular formula is C23H14BrClN4O6. The van der Waals surface area contributed by atoms with E-state index in [-0.39, 0.29) is 17.1 Å². The summed E-state index contributed by atoms with van der Waals surface area (Å²) in [4.78, 5) is 33.3. The van der Waals surface area contributed by atoms with Gasteiger partial charge in [0, 0.05) is 6.07 Å². The van der Waals surface area contributed by atoms with Crippen LogP contribution in [0.2, 0.25) is 5.02 Å². The minimum Gasteiger partial charge on any atom is -0.449 e. The van der Waals surface area contributed by atoms with Crippen LogP contribution in [0.5, 0.6) is 11.5 Å². The Kier molecular flexibility index (Phi) is 7.80. The van der Waals surface area contributed by atoms with E-state index in [2.05, 4.69) is 21.2 Å². The van der Waals surface area contributed by atoms with E-state index in [0.29, 0.717) is 20.7 Å². The van der Waals surface area contributed by atoms with E-state index in [1.165, 1.54) is 24.3 Å². The molecule has 0 atom stereocenters. The lowest BCUT2D eigenvalue weighted by atomic mass is 10.1. The fraction of sp³-hybridized carbons (Fsp3) is 0.0435. The largest absolute Gasteiger partial charge is 0.449 e. The molecule has 0 heterocycles. The van der Waals surface area contributed by atoms with Gasteiger partial charge in [0.1, 0.15) is 17.4 Å². The predicted octanol–water partition coefficient (Wildman–Crippen LogP) is 6.57. The number of nitro benzene ring substituents is 2. The molecule has 35 heavy (non-hydrogen) atoms. The monoisotopic (exact) mass is 556 g/mol. The number of anilines is 1. The van der Waals surface area contributed by atoms with Crippen molar-refractivity contribution in [1.29, 1.82) is 5.26 Å². The molecule has 176 valence electrons. The minimum atomic E-state index is -0.786. The highest BCUT2D eigenvalue weighted by Gasteiger charge is 2.22. The van der Waals surface area contributed by atoms with Gasteiger partial charge in [-0.1, -0.05) is 29.8 Å². The Balaban J connectivity index is 1.86. The highest BCUT2D eigenvalue weighted by atomic mass is 79.9. The number of non-ortho nitro benzene ring substituents is 1. The first-order chi connectivity index (χ1) is 16.6. The van der Waals surface area contributed by atoms with Crippen molar-refractivity contribution in [2.45, 2.75) is 6.92 Å². The van der Waals surface area contributed by atoms with Crippen molar-refractivity contribution in [3.8, 4) is 17.6 Å². The number of aryl methyl sites for hydroxylation is 1. The Labute approximate surface area is 211 Å². The second-order valence-electron chi connectivity index (χ2n) is 7.01. The van der Waals surface area contributed by atoms with Crippen LogP contribution >= 0.6 is 27.5 Å². The van der Waals surface area contributed by atoms with E-state index in [9.17, 15) is 30.3 Å². The lowest BCUT2D eigenvalue weighted by molar-refractivity contribution is -0.394. The molecule has 1 N–H and O–H groups in total. The molecule has 0 aliphatic rings. The molecule has 0 fully saturated rings. The number of hydrogen-bond acceptors (Lipinski definition) is 7. The van der Waals surface area contributed by atoms with Crippen LogP contribution in [0.1, 0.15) is 11.1 Å². The quantitative estimate of drug-likeness (QED) is 0.149. The van der Waals surface area contributed by atoms with Crippen molar-refractivity contribution >= 4 is 56.6 Å². The van der Waals surface area contributed by atoms with Crippen molar-refractivity contribution in [1.82, 2.24) is 0 Å². The SMILES string of the molecule is Cc1cccc(Cl)c1NC(=O)/C(C#N)=C/c1ccc(Oc2ccc([N+](=O)[O-])cc2[N+](=O)[O-])c(Br)c1. The number of carbonyl (C=O) groups excluding carboxylic acids is 1. The maximum Gasteiger partial charge on any atom is 0.318 e. The third kappa shape index (κ3) is 6.00. The molecule has 0 unspecified atom stereocenters. The van der Waals surface area contributed by atoms with E-state index in [4.69, 9.17) is 16.3 Å². The number of carbonyl (C=O) groups is 1. The van der Waals surface area contributed by atoms with Gasteiger partial charge >= 0.3 is 5.69 Å². The molecule has 3 aromatic carbocycles. The number of amides is 1. The molecule has 0 aliphatic heterocycles. The standard InChI is InChI=1S/C23H14BrClN4O6/c1-13-3-2-4-18(25)22(13)27-23(30)15(12-26)9-14-5-7-20(17(24)10-14)35-21-8-6-16(28(31)32)11-19(21)29(33)34/h2-11H,1H3,(H,27,30)/b15-9+. The molecule has 0 saturated carbocycles. The Morgan fingerprint density at radius 2 is 1.83 bits per heavy atom. The van der Waals surface area contributed by atoms with Gasteiger partial charge in [0.15, 0.2) is 0 Å². The number of nitrogens with one attached hydrogen (secondary N) is 1. The summed E-state index contributed by atoms with van der Waals surface area (Å²) in [5.41, 5.74) is 0.384. The average molecular weight is 558 g/mol. The summed E-state index contributed by atoms with van der Waals surface area (Å²) in [6.07, 6.45) is 1.35. The molecule has 0 spiro atoms. The zero-order valence-electron chi connectivity index (χ0n) is 17.8. The molecular weight excluding hydrogens is 544 g/mol. The third-order valence-corrected chi connectivity index (χ3v) is 5.60. The fourth-order valence-corrected chi connectivity index (χ4v) is 3.69. The van der Waals surface area contributed by atoms with E-state index in [1.54, 1.807) is 25.1 Å². The van der Waals surface area contributed by atoms with Gasteiger partial charge in [0.2, 0.25) is 5.75 Å². The summed E-state index contributed by atoms with van der Waals surface area (Å²) in [7, 11) is 0. The number of benzene rings is 3. The first kappa shape index (κ1) is 25.4. The first-order valence-corrected chi connectivity index (χ1v) is 10.9. The summed E-state index contributed by atoms with van der Waals surface area (Å²) < 4.78 is 5.94. The summed E-state index contributed by atoms with van der Waals surface area (Å²) in [6, 6.07) is 14.5. The average Bonchev–Trinajstić information content (AvgIpc) is 2.81. The summed E-state index contributed by atoms with van der Waals surface area (Å²) >= 11 is 9.42. The number of rotatable bonds is 7. The van der Waals surface area contributed by atoms with Crippen LogP contribution in [-0.4, -0.2) is 15.8 Å². The number of nitrogens with zero attached hydrogens (tertiary/aromatic N) is 3. The lowest BCUT2D eigenvalue weighted by Crippen LogP contribution is -2.14. The highest BCUT2D eigenvalue weighted by molar-refractivity contribution is 9.10. The zero-order chi connectivity index (χ0) is 25.7. The van der Waals surface area contributed by atoms with Gasteiger partial charge in [-0.05, 0) is 64.3 Å². The van der Waals surface area contributed by atoms with E-state index >= 15 is 0 Å². The molecule has 0 bridgehead atoms. The first-order valence-electron chi connectivity index (χ1n) is 9.69. The van der Waals surface area contributed by atoms with Crippen LogP contribution in [0.15, 0.2) is 64.6 Å². The van der Waals surface area contributed by atoms with E-state index < -0.39 is 27.1 Å². The third-order valence-electron chi connectivity index (χ3n) is 4.66. The van der Waals surface area contributed by atoms with Crippen LogP contribution in [-0.2, 0) is 4.79 Å². The number of ether oxygens (including phenoxy) is 1. The van der Waals surface area contributed by atoms with Crippen LogP contribution in [0.3, 0.4) is 0 Å². The Morgan fingerprint density at radius 1 is 1.11 bits per heavy atom. The summed E-state index contributed by atoms with van der Waals surface area (Å²) in [5.74, 6) is -0.674. The van der Waals surface area contributed by atoms with Gasteiger partial charge in [0.05, 0.1) is 31.1 Å². The number of nitriles is 1. The van der Waals surface area contributed by atoms with Crippen molar-refractivity contribution in [3.05, 3.63) is 101 Å². The second kappa shape index (κ2) is 10.8. The molecule has 3 rings (SSSR count). The summed E-state index contributed by atoms with van der Waals surface area (Å²) in [5, 5.41) is 34.7. The number of halogens is 2. The van der Waals surface area contributed by atoms with E-state index in [0.717, 1.165) is 23.8 Å². The Hall–Kier alpha value is -4.27. The molecule has 3 aromatic rings. The van der Waals surface area contributed by atoms with Crippen molar-refractivity contribution in [3.63, 3.8) is 0 Å². The Bertz CT molecular complexity index is 1410. The topological polar surface area (TPSA) is 148 Å². The second-order valence-corrected chi connectivity index (χ2v) is 8.28. The number of para-hydroxylation sites is 1. The molecule has 1 amide bonds. The molecule has 0 aromatic heterocycles. The molecule has 0 radical (unpaired) electrons. The molecule has 0 aliphatic carbocycles. The fourth-order valence-electron chi connectivity index (χ4n) is 2.94.